The molecule has 1 unspecified atom stereocenters. The summed E-state index contributed by atoms with van der Waals surface area (Å²) in [6.45, 7) is 11.4. The van der Waals surface area contributed by atoms with E-state index in [1.165, 1.54) is 0 Å². The average Bonchev–Trinajstić information content (AvgIpc) is 2.56. The van der Waals surface area contributed by atoms with Gasteiger partial charge < -0.3 is 15.1 Å². The Kier molecular flexibility index (Phi) is 3.54. The second-order valence-corrected chi connectivity index (χ2v) is 5.64. The van der Waals surface area contributed by atoms with E-state index in [0.29, 0.717) is 6.04 Å². The smallest absolute Gasteiger partial charge is 0.208 e. The fourth-order valence-corrected chi connectivity index (χ4v) is 2.37. The number of hydrogen-bond donors (Lipinski definition) is 2. The van der Waals surface area contributed by atoms with Gasteiger partial charge in [-0.2, -0.15) is 0 Å². The summed E-state index contributed by atoms with van der Waals surface area (Å²) in [6, 6.07) is 0.524. The number of piperidine rings is 1. The molecule has 0 spiro atoms. The van der Waals surface area contributed by atoms with Gasteiger partial charge in [0.1, 0.15) is 5.76 Å². The molecule has 1 aromatic rings. The van der Waals surface area contributed by atoms with Crippen molar-refractivity contribution < 1.29 is 4.42 Å². The second kappa shape index (κ2) is 4.78. The molecule has 4 heteroatoms. The minimum atomic E-state index is 0.287. The van der Waals surface area contributed by atoms with Gasteiger partial charge in [0.2, 0.25) is 5.89 Å². The van der Waals surface area contributed by atoms with Crippen LogP contribution in [0.15, 0.2) is 4.42 Å². The first-order chi connectivity index (χ1) is 7.99. The van der Waals surface area contributed by atoms with Crippen molar-refractivity contribution in [3.63, 3.8) is 0 Å². The summed E-state index contributed by atoms with van der Waals surface area (Å²) < 4.78 is 5.58. The second-order valence-electron chi connectivity index (χ2n) is 5.64. The zero-order chi connectivity index (χ0) is 12.5. The summed E-state index contributed by atoms with van der Waals surface area (Å²) in [5.74, 6) is 1.72. The van der Waals surface area contributed by atoms with Crippen LogP contribution >= 0.6 is 0 Å². The van der Waals surface area contributed by atoms with Crippen molar-refractivity contribution in [2.75, 3.05) is 13.1 Å². The van der Waals surface area contributed by atoms with Crippen molar-refractivity contribution in [1.29, 1.82) is 0 Å². The van der Waals surface area contributed by atoms with Gasteiger partial charge in [0.05, 0.1) is 12.2 Å². The highest BCUT2D eigenvalue weighted by Gasteiger charge is 2.31. The van der Waals surface area contributed by atoms with Crippen LogP contribution in [0.5, 0.6) is 0 Å². The van der Waals surface area contributed by atoms with Gasteiger partial charge in [-0.25, -0.2) is 4.98 Å². The van der Waals surface area contributed by atoms with Crippen molar-refractivity contribution in [2.24, 2.45) is 5.41 Å². The number of rotatable bonds is 3. The normalized spacial score (nSPS) is 23.9. The van der Waals surface area contributed by atoms with Crippen molar-refractivity contribution in [2.45, 2.75) is 46.7 Å². The fourth-order valence-electron chi connectivity index (χ4n) is 2.37. The van der Waals surface area contributed by atoms with E-state index in [1.54, 1.807) is 0 Å². The molecule has 0 aromatic carbocycles. The molecule has 1 saturated heterocycles. The lowest BCUT2D eigenvalue weighted by Gasteiger charge is -2.39. The molecule has 2 heterocycles. The van der Waals surface area contributed by atoms with Crippen LogP contribution in [0.25, 0.3) is 0 Å². The SMILES string of the molecule is Cc1nc(CNC2CCNCC2(C)C)oc1C. The van der Waals surface area contributed by atoms with Crippen LogP contribution in [0.1, 0.15) is 37.6 Å². The molecule has 1 fully saturated rings. The maximum Gasteiger partial charge on any atom is 0.208 e. The number of oxazole rings is 1. The van der Waals surface area contributed by atoms with Gasteiger partial charge in [-0.15, -0.1) is 0 Å². The molecular weight excluding hydrogens is 214 g/mol. The molecule has 17 heavy (non-hydrogen) atoms. The van der Waals surface area contributed by atoms with Crippen molar-refractivity contribution in [1.82, 2.24) is 15.6 Å². The highest BCUT2D eigenvalue weighted by Crippen LogP contribution is 2.25. The molecule has 1 aliphatic rings. The predicted molar refractivity (Wildman–Crippen MR) is 67.9 cm³/mol. The molecular formula is C13H23N3O. The van der Waals surface area contributed by atoms with Crippen LogP contribution in [-0.2, 0) is 6.54 Å². The Balaban J connectivity index is 1.93. The molecule has 1 aliphatic heterocycles. The standard InChI is InChI=1S/C13H23N3O/c1-9-10(2)17-12(16-9)7-15-11-5-6-14-8-13(11,3)4/h11,14-15H,5-8H2,1-4H3. The van der Waals surface area contributed by atoms with Crippen molar-refractivity contribution in [3.8, 4) is 0 Å². The van der Waals surface area contributed by atoms with Gasteiger partial charge >= 0.3 is 0 Å². The Bertz CT molecular complexity index is 365. The Morgan fingerprint density at radius 1 is 1.47 bits per heavy atom. The minimum Gasteiger partial charge on any atom is -0.444 e. The summed E-state index contributed by atoms with van der Waals surface area (Å²) in [7, 11) is 0. The van der Waals surface area contributed by atoms with E-state index in [4.69, 9.17) is 4.42 Å². The molecule has 0 amide bonds. The van der Waals surface area contributed by atoms with Gasteiger partial charge in [0.25, 0.3) is 0 Å². The third-order valence-electron chi connectivity index (χ3n) is 3.71. The first kappa shape index (κ1) is 12.6. The Morgan fingerprint density at radius 3 is 2.82 bits per heavy atom. The summed E-state index contributed by atoms with van der Waals surface area (Å²) in [6.07, 6.45) is 1.16. The van der Waals surface area contributed by atoms with Gasteiger partial charge in [0.15, 0.2) is 0 Å². The molecule has 0 saturated carbocycles. The van der Waals surface area contributed by atoms with Gasteiger partial charge in [-0.1, -0.05) is 13.8 Å². The molecule has 0 bridgehead atoms. The first-order valence-electron chi connectivity index (χ1n) is 6.36. The van der Waals surface area contributed by atoms with E-state index in [0.717, 1.165) is 43.4 Å². The van der Waals surface area contributed by atoms with Crippen LogP contribution in [0, 0.1) is 19.3 Å². The third-order valence-corrected chi connectivity index (χ3v) is 3.71. The van der Waals surface area contributed by atoms with Gasteiger partial charge in [-0.05, 0) is 32.2 Å². The van der Waals surface area contributed by atoms with Crippen LogP contribution in [0.3, 0.4) is 0 Å². The number of aromatic nitrogens is 1. The zero-order valence-electron chi connectivity index (χ0n) is 11.3. The Labute approximate surface area is 103 Å². The lowest BCUT2D eigenvalue weighted by atomic mass is 9.80. The van der Waals surface area contributed by atoms with Crippen LogP contribution < -0.4 is 10.6 Å². The molecule has 96 valence electrons. The number of hydrogen-bond acceptors (Lipinski definition) is 4. The van der Waals surface area contributed by atoms with Crippen molar-refractivity contribution >= 4 is 0 Å². The largest absolute Gasteiger partial charge is 0.444 e. The zero-order valence-corrected chi connectivity index (χ0v) is 11.3. The summed E-state index contributed by atoms with van der Waals surface area (Å²) in [5.41, 5.74) is 1.28. The van der Waals surface area contributed by atoms with Crippen LogP contribution in [0.2, 0.25) is 0 Å². The topological polar surface area (TPSA) is 50.1 Å². The molecule has 1 atom stereocenters. The van der Waals surface area contributed by atoms with Gasteiger partial charge in [-0.3, -0.25) is 0 Å². The summed E-state index contributed by atoms with van der Waals surface area (Å²) in [5, 5.41) is 7.01. The monoisotopic (exact) mass is 237 g/mol. The number of nitrogens with zero attached hydrogens (tertiary/aromatic N) is 1. The summed E-state index contributed by atoms with van der Waals surface area (Å²) >= 11 is 0. The molecule has 0 aliphatic carbocycles. The van der Waals surface area contributed by atoms with E-state index < -0.39 is 0 Å². The molecule has 4 nitrogen and oxygen atoms in total. The molecule has 2 rings (SSSR count). The quantitative estimate of drug-likeness (QED) is 0.841. The molecule has 1 aromatic heterocycles. The lowest BCUT2D eigenvalue weighted by molar-refractivity contribution is 0.180. The number of nitrogens with one attached hydrogen (secondary N) is 2. The number of aryl methyl sites for hydroxylation is 2. The molecule has 0 radical (unpaired) electrons. The van der Waals surface area contributed by atoms with E-state index in [-0.39, 0.29) is 5.41 Å². The third kappa shape index (κ3) is 2.87. The maximum atomic E-state index is 5.58. The van der Waals surface area contributed by atoms with Gasteiger partial charge in [0, 0.05) is 12.6 Å². The fraction of sp³-hybridized carbons (Fsp3) is 0.769. The van der Waals surface area contributed by atoms with Crippen LogP contribution in [0.4, 0.5) is 0 Å². The average molecular weight is 237 g/mol. The highest BCUT2D eigenvalue weighted by atomic mass is 16.4. The van der Waals surface area contributed by atoms with E-state index in [2.05, 4.69) is 29.5 Å². The molecule has 2 N–H and O–H groups in total. The van der Waals surface area contributed by atoms with E-state index in [1.807, 2.05) is 13.8 Å². The predicted octanol–water partition coefficient (Wildman–Crippen LogP) is 1.77. The highest BCUT2D eigenvalue weighted by molar-refractivity contribution is 5.05. The Morgan fingerprint density at radius 2 is 2.24 bits per heavy atom. The lowest BCUT2D eigenvalue weighted by Crippen LogP contribution is -2.52. The van der Waals surface area contributed by atoms with E-state index >= 15 is 0 Å². The van der Waals surface area contributed by atoms with Crippen LogP contribution in [-0.4, -0.2) is 24.1 Å². The first-order valence-corrected chi connectivity index (χ1v) is 6.36. The minimum absolute atomic E-state index is 0.287. The maximum absolute atomic E-state index is 5.58. The van der Waals surface area contributed by atoms with Crippen molar-refractivity contribution in [3.05, 3.63) is 17.3 Å². The summed E-state index contributed by atoms with van der Waals surface area (Å²) in [4.78, 5) is 4.40. The van der Waals surface area contributed by atoms with E-state index in [9.17, 15) is 0 Å². The Hall–Kier alpha value is -0.870.